The first kappa shape index (κ1) is 22.0. The van der Waals surface area contributed by atoms with Gasteiger partial charge in [-0.3, -0.25) is 4.79 Å². The number of nitrogens with one attached hydrogen (secondary N) is 1. The van der Waals surface area contributed by atoms with Crippen molar-refractivity contribution < 1.29 is 23.8 Å². The zero-order valence-corrected chi connectivity index (χ0v) is 17.5. The summed E-state index contributed by atoms with van der Waals surface area (Å²) in [5.74, 6) is 1.50. The monoisotopic (exact) mass is 392 g/mol. The normalized spacial score (nSPS) is 20.9. The van der Waals surface area contributed by atoms with Crippen LogP contribution in [0.2, 0.25) is 0 Å². The molecule has 3 atom stereocenters. The topological polar surface area (TPSA) is 77.1 Å². The molecule has 1 fully saturated rings. The first-order valence-electron chi connectivity index (χ1n) is 9.73. The molecule has 7 heteroatoms. The molecular formula is C21H32N2O5. The Hall–Kier alpha value is -2.28. The Morgan fingerprint density at radius 2 is 1.86 bits per heavy atom. The second kappa shape index (κ2) is 10.3. The predicted octanol–water partition coefficient (Wildman–Crippen LogP) is 2.34. The van der Waals surface area contributed by atoms with Gasteiger partial charge in [-0.25, -0.2) is 4.79 Å². The molecule has 0 aromatic heterocycles. The van der Waals surface area contributed by atoms with E-state index in [1.165, 1.54) is 20.6 Å². The van der Waals surface area contributed by atoms with Gasteiger partial charge in [0, 0.05) is 31.2 Å². The van der Waals surface area contributed by atoms with Crippen molar-refractivity contribution in [3.8, 4) is 11.5 Å². The summed E-state index contributed by atoms with van der Waals surface area (Å²) in [7, 11) is 2.78. The molecule has 0 bridgehead atoms. The van der Waals surface area contributed by atoms with Crippen molar-refractivity contribution in [3.05, 3.63) is 23.8 Å². The van der Waals surface area contributed by atoms with Crippen LogP contribution in [-0.4, -0.2) is 63.3 Å². The van der Waals surface area contributed by atoms with Crippen LogP contribution in [0.3, 0.4) is 0 Å². The standard InChI is InChI=1S/C21H32N2O5/c1-14-8-15(2)11-23(10-14)12-16(3)22-21(25)17-6-7-18(19(9-17)26-4)28-13-20(24)27-5/h6-7,9,14-16H,8,10-13H2,1-5H3,(H,22,25). The fourth-order valence-corrected chi connectivity index (χ4v) is 3.80. The molecule has 1 amide bonds. The van der Waals surface area contributed by atoms with Gasteiger partial charge in [0.2, 0.25) is 0 Å². The van der Waals surface area contributed by atoms with Crippen molar-refractivity contribution in [2.75, 3.05) is 40.5 Å². The SMILES string of the molecule is COC(=O)COc1ccc(C(=O)NC(C)CN2CC(C)CC(C)C2)cc1OC. The number of likely N-dealkylation sites (tertiary alicyclic amines) is 1. The van der Waals surface area contributed by atoms with Crippen LogP contribution in [0.5, 0.6) is 11.5 Å². The number of esters is 1. The molecule has 3 unspecified atom stereocenters. The van der Waals surface area contributed by atoms with Crippen molar-refractivity contribution in [1.29, 1.82) is 0 Å². The second-order valence-electron chi connectivity index (χ2n) is 7.77. The molecule has 1 heterocycles. The number of nitrogens with zero attached hydrogens (tertiary/aromatic N) is 1. The van der Waals surface area contributed by atoms with E-state index in [2.05, 4.69) is 28.8 Å². The smallest absolute Gasteiger partial charge is 0.343 e. The van der Waals surface area contributed by atoms with Crippen LogP contribution in [0, 0.1) is 11.8 Å². The Morgan fingerprint density at radius 3 is 2.46 bits per heavy atom. The van der Waals surface area contributed by atoms with Gasteiger partial charge in [-0.1, -0.05) is 13.8 Å². The van der Waals surface area contributed by atoms with Gasteiger partial charge in [0.15, 0.2) is 18.1 Å². The largest absolute Gasteiger partial charge is 0.493 e. The molecule has 0 saturated carbocycles. The number of piperidine rings is 1. The average molecular weight is 392 g/mol. The summed E-state index contributed by atoms with van der Waals surface area (Å²) in [5.41, 5.74) is 0.481. The van der Waals surface area contributed by atoms with E-state index >= 15 is 0 Å². The van der Waals surface area contributed by atoms with E-state index in [0.717, 1.165) is 19.6 Å². The molecule has 1 aliphatic rings. The fraction of sp³-hybridized carbons (Fsp3) is 0.619. The van der Waals surface area contributed by atoms with Crippen molar-refractivity contribution in [2.45, 2.75) is 33.2 Å². The summed E-state index contributed by atoms with van der Waals surface area (Å²) in [6.45, 7) is 9.34. The highest BCUT2D eigenvalue weighted by Crippen LogP contribution is 2.28. The highest BCUT2D eigenvalue weighted by molar-refractivity contribution is 5.95. The molecule has 156 valence electrons. The van der Waals surface area contributed by atoms with Gasteiger partial charge < -0.3 is 24.4 Å². The molecular weight excluding hydrogens is 360 g/mol. The molecule has 1 aliphatic heterocycles. The Balaban J connectivity index is 1.94. The van der Waals surface area contributed by atoms with Gasteiger partial charge >= 0.3 is 5.97 Å². The second-order valence-corrected chi connectivity index (χ2v) is 7.77. The van der Waals surface area contributed by atoms with E-state index in [4.69, 9.17) is 9.47 Å². The third kappa shape index (κ3) is 6.41. The maximum Gasteiger partial charge on any atom is 0.343 e. The summed E-state index contributed by atoms with van der Waals surface area (Å²) < 4.78 is 15.2. The summed E-state index contributed by atoms with van der Waals surface area (Å²) in [6, 6.07) is 4.92. The van der Waals surface area contributed by atoms with E-state index in [1.807, 2.05) is 6.92 Å². The maximum atomic E-state index is 12.6. The Kier molecular flexibility index (Phi) is 8.11. The highest BCUT2D eigenvalue weighted by atomic mass is 16.6. The van der Waals surface area contributed by atoms with Crippen LogP contribution in [0.25, 0.3) is 0 Å². The molecule has 1 aromatic rings. The minimum Gasteiger partial charge on any atom is -0.493 e. The lowest BCUT2D eigenvalue weighted by molar-refractivity contribution is -0.142. The Morgan fingerprint density at radius 1 is 1.18 bits per heavy atom. The van der Waals surface area contributed by atoms with Gasteiger partial charge in [0.05, 0.1) is 14.2 Å². The third-order valence-electron chi connectivity index (χ3n) is 4.85. The van der Waals surface area contributed by atoms with Gasteiger partial charge in [0.25, 0.3) is 5.91 Å². The van der Waals surface area contributed by atoms with Gasteiger partial charge in [-0.2, -0.15) is 0 Å². The minimum absolute atomic E-state index is 0.0336. The van der Waals surface area contributed by atoms with E-state index in [0.29, 0.717) is 28.9 Å². The molecule has 0 radical (unpaired) electrons. The van der Waals surface area contributed by atoms with Gasteiger partial charge in [-0.05, 0) is 43.4 Å². The lowest BCUT2D eigenvalue weighted by atomic mass is 9.92. The molecule has 2 rings (SSSR count). The first-order chi connectivity index (χ1) is 13.3. The Bertz CT molecular complexity index is 669. The fourth-order valence-electron chi connectivity index (χ4n) is 3.80. The quantitative estimate of drug-likeness (QED) is 0.685. The van der Waals surface area contributed by atoms with Gasteiger partial charge in [0.1, 0.15) is 0 Å². The number of carbonyl (C=O) groups excluding carboxylic acids is 2. The number of hydrogen-bond donors (Lipinski definition) is 1. The summed E-state index contributed by atoms with van der Waals surface area (Å²) in [4.78, 5) is 26.3. The average Bonchev–Trinajstić information content (AvgIpc) is 2.64. The molecule has 0 aliphatic carbocycles. The number of amides is 1. The lowest BCUT2D eigenvalue weighted by Crippen LogP contribution is -2.47. The molecule has 7 nitrogen and oxygen atoms in total. The number of carbonyl (C=O) groups is 2. The number of ether oxygens (including phenoxy) is 3. The maximum absolute atomic E-state index is 12.6. The van der Waals surface area contributed by atoms with Crippen molar-refractivity contribution in [1.82, 2.24) is 10.2 Å². The van der Waals surface area contributed by atoms with E-state index in [-0.39, 0.29) is 18.6 Å². The number of benzene rings is 1. The Labute approximate surface area is 167 Å². The number of methoxy groups -OCH3 is 2. The molecule has 0 spiro atoms. The van der Waals surface area contributed by atoms with E-state index in [1.54, 1.807) is 18.2 Å². The van der Waals surface area contributed by atoms with Crippen molar-refractivity contribution in [3.63, 3.8) is 0 Å². The molecule has 1 aromatic carbocycles. The number of hydrogen-bond acceptors (Lipinski definition) is 6. The molecule has 1 saturated heterocycles. The van der Waals surface area contributed by atoms with Crippen LogP contribution < -0.4 is 14.8 Å². The van der Waals surface area contributed by atoms with Crippen LogP contribution in [-0.2, 0) is 9.53 Å². The van der Waals surface area contributed by atoms with Crippen LogP contribution in [0.4, 0.5) is 0 Å². The predicted molar refractivity (Wildman–Crippen MR) is 107 cm³/mol. The van der Waals surface area contributed by atoms with Crippen molar-refractivity contribution >= 4 is 11.9 Å². The minimum atomic E-state index is -0.487. The molecule has 28 heavy (non-hydrogen) atoms. The van der Waals surface area contributed by atoms with E-state index in [9.17, 15) is 9.59 Å². The first-order valence-corrected chi connectivity index (χ1v) is 9.73. The van der Waals surface area contributed by atoms with Gasteiger partial charge in [-0.15, -0.1) is 0 Å². The van der Waals surface area contributed by atoms with E-state index < -0.39 is 5.97 Å². The highest BCUT2D eigenvalue weighted by Gasteiger charge is 2.23. The summed E-state index contributed by atoms with van der Waals surface area (Å²) >= 11 is 0. The number of rotatable bonds is 8. The zero-order valence-electron chi connectivity index (χ0n) is 17.5. The molecule has 1 N–H and O–H groups in total. The van der Waals surface area contributed by atoms with Crippen molar-refractivity contribution in [2.24, 2.45) is 11.8 Å². The van der Waals surface area contributed by atoms with Crippen LogP contribution in [0.1, 0.15) is 37.6 Å². The lowest BCUT2D eigenvalue weighted by Gasteiger charge is -2.36. The zero-order chi connectivity index (χ0) is 20.7. The summed E-state index contributed by atoms with van der Waals surface area (Å²) in [6.07, 6.45) is 1.27. The third-order valence-corrected chi connectivity index (χ3v) is 4.85. The van der Waals surface area contributed by atoms with Crippen LogP contribution in [0.15, 0.2) is 18.2 Å². The van der Waals surface area contributed by atoms with Crippen LogP contribution >= 0.6 is 0 Å². The summed E-state index contributed by atoms with van der Waals surface area (Å²) in [5, 5.41) is 3.05.